The number of benzene rings is 1. The normalized spacial score (nSPS) is 21.1. The van der Waals surface area contributed by atoms with Crippen molar-refractivity contribution in [3.8, 4) is 5.75 Å². The first-order chi connectivity index (χ1) is 9.23. The molecule has 1 heterocycles. The molecule has 1 fully saturated rings. The van der Waals surface area contributed by atoms with Gasteiger partial charge in [-0.2, -0.15) is 0 Å². The zero-order valence-electron chi connectivity index (χ0n) is 13.4. The molecule has 1 aliphatic rings. The molecule has 0 spiro atoms. The highest BCUT2D eigenvalue weighted by atomic mass is 16.7. The largest absolute Gasteiger partial charge is 0.493 e. The van der Waals surface area contributed by atoms with Crippen LogP contribution in [0.5, 0.6) is 5.75 Å². The van der Waals surface area contributed by atoms with Crippen LogP contribution in [-0.4, -0.2) is 24.1 Å². The zero-order chi connectivity index (χ0) is 15.0. The van der Waals surface area contributed by atoms with Crippen LogP contribution in [0.2, 0.25) is 0 Å². The van der Waals surface area contributed by atoms with Crippen LogP contribution in [0.4, 0.5) is 0 Å². The van der Waals surface area contributed by atoms with Gasteiger partial charge in [-0.25, -0.2) is 0 Å². The second kappa shape index (κ2) is 5.38. The van der Waals surface area contributed by atoms with Crippen molar-refractivity contribution in [3.05, 3.63) is 29.3 Å². The lowest BCUT2D eigenvalue weighted by molar-refractivity contribution is -0.0950. The third-order valence-electron chi connectivity index (χ3n) is 4.31. The smallest absolute Gasteiger partial charge is 0.162 e. The van der Waals surface area contributed by atoms with Crippen LogP contribution < -0.4 is 4.74 Å². The second-order valence-corrected chi connectivity index (χ2v) is 6.54. The van der Waals surface area contributed by atoms with Crippen molar-refractivity contribution in [2.45, 2.75) is 65.5 Å². The molecule has 3 nitrogen and oxygen atoms in total. The van der Waals surface area contributed by atoms with Crippen molar-refractivity contribution in [2.75, 3.05) is 6.61 Å². The predicted octanol–water partition coefficient (Wildman–Crippen LogP) is 4.00. The van der Waals surface area contributed by atoms with Gasteiger partial charge in [0, 0.05) is 6.42 Å². The highest BCUT2D eigenvalue weighted by Crippen LogP contribution is 2.39. The fourth-order valence-electron chi connectivity index (χ4n) is 2.37. The van der Waals surface area contributed by atoms with Crippen LogP contribution in [0.3, 0.4) is 0 Å². The highest BCUT2D eigenvalue weighted by molar-refractivity contribution is 5.39. The van der Waals surface area contributed by atoms with Crippen molar-refractivity contribution < 1.29 is 14.2 Å². The molecule has 0 saturated carbocycles. The van der Waals surface area contributed by atoms with Crippen molar-refractivity contribution in [1.29, 1.82) is 0 Å². The molecule has 1 saturated heterocycles. The molecule has 0 bridgehead atoms. The van der Waals surface area contributed by atoms with Crippen LogP contribution in [0.1, 0.15) is 45.2 Å². The van der Waals surface area contributed by atoms with Gasteiger partial charge in [-0.1, -0.05) is 18.2 Å². The summed E-state index contributed by atoms with van der Waals surface area (Å²) in [7, 11) is 0. The molecule has 1 aromatic carbocycles. The maximum Gasteiger partial charge on any atom is 0.162 e. The number of ether oxygens (including phenoxy) is 3. The summed E-state index contributed by atoms with van der Waals surface area (Å²) in [5.41, 5.74) is 1.80. The average Bonchev–Trinajstić information content (AvgIpc) is 2.51. The van der Waals surface area contributed by atoms with E-state index in [4.69, 9.17) is 14.2 Å². The SMILES string of the molecule is Cc1cccc(C)c1OCCC1OC(C)(C)C(C)(C)O1. The van der Waals surface area contributed by atoms with Gasteiger partial charge in [-0.05, 0) is 52.7 Å². The fraction of sp³-hybridized carbons (Fsp3) is 0.647. The Labute approximate surface area is 122 Å². The van der Waals surface area contributed by atoms with Crippen LogP contribution in [0.25, 0.3) is 0 Å². The zero-order valence-corrected chi connectivity index (χ0v) is 13.4. The molecule has 112 valence electrons. The number of rotatable bonds is 4. The Balaban J connectivity index is 1.89. The molecule has 3 heteroatoms. The van der Waals surface area contributed by atoms with E-state index in [2.05, 4.69) is 53.7 Å². The molecule has 0 radical (unpaired) electrons. The topological polar surface area (TPSA) is 27.7 Å². The Kier molecular flexibility index (Phi) is 4.12. The summed E-state index contributed by atoms with van der Waals surface area (Å²) in [5.74, 6) is 0.976. The van der Waals surface area contributed by atoms with E-state index in [0.717, 1.165) is 12.2 Å². The van der Waals surface area contributed by atoms with E-state index >= 15 is 0 Å². The van der Waals surface area contributed by atoms with E-state index in [0.29, 0.717) is 6.61 Å². The first-order valence-corrected chi connectivity index (χ1v) is 7.27. The summed E-state index contributed by atoms with van der Waals surface area (Å²) in [6, 6.07) is 6.18. The molecule has 0 unspecified atom stereocenters. The predicted molar refractivity (Wildman–Crippen MR) is 80.1 cm³/mol. The molecule has 0 aromatic heterocycles. The molecule has 0 atom stereocenters. The van der Waals surface area contributed by atoms with E-state index in [9.17, 15) is 0 Å². The number of hydrogen-bond acceptors (Lipinski definition) is 3. The minimum atomic E-state index is -0.268. The summed E-state index contributed by atoms with van der Waals surface area (Å²) in [4.78, 5) is 0. The third-order valence-corrected chi connectivity index (χ3v) is 4.31. The summed E-state index contributed by atoms with van der Waals surface area (Å²) < 4.78 is 17.8. The Hall–Kier alpha value is -1.06. The number of para-hydroxylation sites is 1. The molecular formula is C17H26O3. The van der Waals surface area contributed by atoms with Gasteiger partial charge in [0.1, 0.15) is 5.75 Å². The minimum absolute atomic E-state index is 0.190. The molecule has 0 aliphatic carbocycles. The third kappa shape index (κ3) is 2.99. The monoisotopic (exact) mass is 278 g/mol. The van der Waals surface area contributed by atoms with Gasteiger partial charge >= 0.3 is 0 Å². The van der Waals surface area contributed by atoms with Gasteiger partial charge in [0.25, 0.3) is 0 Å². The standard InChI is InChI=1S/C17H26O3/c1-12-8-7-9-13(2)15(12)18-11-10-14-19-16(3,4)17(5,6)20-14/h7-9,14H,10-11H2,1-6H3. The molecule has 2 rings (SSSR count). The summed E-state index contributed by atoms with van der Waals surface area (Å²) >= 11 is 0. The van der Waals surface area contributed by atoms with Crippen molar-refractivity contribution in [2.24, 2.45) is 0 Å². The highest BCUT2D eigenvalue weighted by Gasteiger charge is 2.48. The maximum atomic E-state index is 5.96. The Morgan fingerprint density at radius 2 is 1.50 bits per heavy atom. The summed E-state index contributed by atoms with van der Waals surface area (Å²) in [6.45, 7) is 13.0. The number of aryl methyl sites for hydroxylation is 2. The Bertz CT molecular complexity index is 441. The molecule has 1 aliphatic heterocycles. The van der Waals surface area contributed by atoms with Crippen molar-refractivity contribution >= 4 is 0 Å². The molecule has 20 heavy (non-hydrogen) atoms. The van der Waals surface area contributed by atoms with Gasteiger partial charge in [0.15, 0.2) is 6.29 Å². The number of hydrogen-bond donors (Lipinski definition) is 0. The van der Waals surface area contributed by atoms with E-state index < -0.39 is 0 Å². The molecule has 1 aromatic rings. The van der Waals surface area contributed by atoms with E-state index in [-0.39, 0.29) is 17.5 Å². The lowest BCUT2D eigenvalue weighted by Gasteiger charge is -2.30. The maximum absolute atomic E-state index is 5.96. The van der Waals surface area contributed by atoms with Crippen molar-refractivity contribution in [3.63, 3.8) is 0 Å². The summed E-state index contributed by atoms with van der Waals surface area (Å²) in [5, 5.41) is 0. The first-order valence-electron chi connectivity index (χ1n) is 7.27. The fourth-order valence-corrected chi connectivity index (χ4v) is 2.37. The van der Waals surface area contributed by atoms with Crippen molar-refractivity contribution in [1.82, 2.24) is 0 Å². The Morgan fingerprint density at radius 3 is 2.00 bits per heavy atom. The summed E-state index contributed by atoms with van der Waals surface area (Å²) in [6.07, 6.45) is 0.546. The van der Waals surface area contributed by atoms with Crippen LogP contribution in [0, 0.1) is 13.8 Å². The molecule has 0 N–H and O–H groups in total. The average molecular weight is 278 g/mol. The van der Waals surface area contributed by atoms with E-state index in [1.54, 1.807) is 0 Å². The lowest BCUT2D eigenvalue weighted by Crippen LogP contribution is -2.41. The van der Waals surface area contributed by atoms with Gasteiger partial charge in [0.2, 0.25) is 0 Å². The quantitative estimate of drug-likeness (QED) is 0.833. The van der Waals surface area contributed by atoms with Gasteiger partial charge < -0.3 is 14.2 Å². The molecular weight excluding hydrogens is 252 g/mol. The van der Waals surface area contributed by atoms with E-state index in [1.807, 2.05) is 6.07 Å². The minimum Gasteiger partial charge on any atom is -0.493 e. The first kappa shape index (κ1) is 15.3. The van der Waals surface area contributed by atoms with Crippen LogP contribution in [0.15, 0.2) is 18.2 Å². The Morgan fingerprint density at radius 1 is 1.00 bits per heavy atom. The van der Waals surface area contributed by atoms with Gasteiger partial charge in [0.05, 0.1) is 17.8 Å². The van der Waals surface area contributed by atoms with Crippen LogP contribution >= 0.6 is 0 Å². The van der Waals surface area contributed by atoms with Crippen LogP contribution in [-0.2, 0) is 9.47 Å². The van der Waals surface area contributed by atoms with E-state index in [1.165, 1.54) is 11.1 Å². The van der Waals surface area contributed by atoms with Gasteiger partial charge in [-0.3, -0.25) is 0 Å². The van der Waals surface area contributed by atoms with Gasteiger partial charge in [-0.15, -0.1) is 0 Å². The lowest BCUT2D eigenvalue weighted by atomic mass is 9.90. The second-order valence-electron chi connectivity index (χ2n) is 6.54. The molecule has 0 amide bonds.